The Morgan fingerprint density at radius 2 is 1.96 bits per heavy atom. The molecule has 0 bridgehead atoms. The average molecular weight is 332 g/mol. The number of sulfonamides is 1. The lowest BCUT2D eigenvalue weighted by Crippen LogP contribution is -2.31. The van der Waals surface area contributed by atoms with E-state index in [4.69, 9.17) is 4.74 Å². The van der Waals surface area contributed by atoms with Gasteiger partial charge in [-0.1, -0.05) is 0 Å². The smallest absolute Gasteiger partial charge is 0.243 e. The summed E-state index contributed by atoms with van der Waals surface area (Å²) in [6.07, 6.45) is 5.11. The Hall–Kier alpha value is -1.92. The van der Waals surface area contributed by atoms with Gasteiger partial charge in [-0.05, 0) is 61.2 Å². The van der Waals surface area contributed by atoms with Gasteiger partial charge >= 0.3 is 0 Å². The van der Waals surface area contributed by atoms with E-state index in [2.05, 4.69) is 4.98 Å². The first-order chi connectivity index (χ1) is 11.0. The molecule has 1 aromatic carbocycles. The van der Waals surface area contributed by atoms with Crippen LogP contribution in [0.4, 0.5) is 0 Å². The summed E-state index contributed by atoms with van der Waals surface area (Å²) in [6, 6.07) is 8.73. The molecule has 3 rings (SSSR count). The van der Waals surface area contributed by atoms with Gasteiger partial charge in [0.15, 0.2) is 0 Å². The van der Waals surface area contributed by atoms with E-state index < -0.39 is 10.0 Å². The molecule has 1 unspecified atom stereocenters. The number of benzene rings is 1. The lowest BCUT2D eigenvalue weighted by molar-refractivity contribution is 0.395. The van der Waals surface area contributed by atoms with Crippen LogP contribution in [0.2, 0.25) is 0 Å². The zero-order valence-corrected chi connectivity index (χ0v) is 14.1. The Kier molecular flexibility index (Phi) is 4.37. The van der Waals surface area contributed by atoms with Gasteiger partial charge in [0.2, 0.25) is 10.0 Å². The summed E-state index contributed by atoms with van der Waals surface area (Å²) in [6.45, 7) is 2.34. The number of pyridine rings is 1. The molecule has 1 atom stereocenters. The van der Waals surface area contributed by atoms with Gasteiger partial charge < -0.3 is 4.74 Å². The Morgan fingerprint density at radius 3 is 2.61 bits per heavy atom. The van der Waals surface area contributed by atoms with Gasteiger partial charge in [-0.25, -0.2) is 8.42 Å². The van der Waals surface area contributed by atoms with E-state index in [1.165, 1.54) is 0 Å². The van der Waals surface area contributed by atoms with Crippen LogP contribution in [0.15, 0.2) is 47.6 Å². The molecule has 0 saturated carbocycles. The molecule has 6 heteroatoms. The number of aryl methyl sites for hydroxylation is 1. The van der Waals surface area contributed by atoms with Crippen LogP contribution in [0.1, 0.15) is 30.0 Å². The van der Waals surface area contributed by atoms with Gasteiger partial charge in [-0.2, -0.15) is 4.31 Å². The fourth-order valence-electron chi connectivity index (χ4n) is 3.11. The maximum atomic E-state index is 13.1. The van der Waals surface area contributed by atoms with Crippen LogP contribution in [-0.2, 0) is 10.0 Å². The third kappa shape index (κ3) is 2.96. The van der Waals surface area contributed by atoms with Gasteiger partial charge in [0.25, 0.3) is 0 Å². The normalized spacial score (nSPS) is 19.0. The SMILES string of the molecule is COc1ccc(S(=O)(=O)N2CCCC2c2ccncc2)c(C)c1. The Balaban J connectivity index is 1.99. The number of hydrogen-bond donors (Lipinski definition) is 0. The summed E-state index contributed by atoms with van der Waals surface area (Å²) in [5, 5.41) is 0. The maximum Gasteiger partial charge on any atom is 0.243 e. The Labute approximate surface area is 137 Å². The fraction of sp³-hybridized carbons (Fsp3) is 0.353. The highest BCUT2D eigenvalue weighted by Crippen LogP contribution is 2.37. The highest BCUT2D eigenvalue weighted by molar-refractivity contribution is 7.89. The number of rotatable bonds is 4. The summed E-state index contributed by atoms with van der Waals surface area (Å²) >= 11 is 0. The molecule has 0 aliphatic carbocycles. The predicted octanol–water partition coefficient (Wildman–Crippen LogP) is 2.92. The van der Waals surface area contributed by atoms with Crippen LogP contribution in [0, 0.1) is 6.92 Å². The third-order valence-electron chi connectivity index (χ3n) is 4.26. The van der Waals surface area contributed by atoms with Gasteiger partial charge in [-0.3, -0.25) is 4.98 Å². The predicted molar refractivity (Wildman–Crippen MR) is 87.8 cm³/mol. The molecule has 5 nitrogen and oxygen atoms in total. The number of hydrogen-bond acceptors (Lipinski definition) is 4. The minimum absolute atomic E-state index is 0.121. The number of aromatic nitrogens is 1. The summed E-state index contributed by atoms with van der Waals surface area (Å²) in [7, 11) is -1.96. The monoisotopic (exact) mass is 332 g/mol. The molecule has 1 aromatic heterocycles. The van der Waals surface area contributed by atoms with Gasteiger partial charge in [0.1, 0.15) is 5.75 Å². The quantitative estimate of drug-likeness (QED) is 0.864. The van der Waals surface area contributed by atoms with Crippen molar-refractivity contribution >= 4 is 10.0 Å². The molecule has 0 N–H and O–H groups in total. The minimum Gasteiger partial charge on any atom is -0.497 e. The summed E-state index contributed by atoms with van der Waals surface area (Å²) in [4.78, 5) is 4.36. The van der Waals surface area contributed by atoms with Crippen molar-refractivity contribution in [2.45, 2.75) is 30.7 Å². The first-order valence-corrected chi connectivity index (χ1v) is 9.04. The number of nitrogens with zero attached hydrogens (tertiary/aromatic N) is 2. The van der Waals surface area contributed by atoms with Crippen molar-refractivity contribution in [2.24, 2.45) is 0 Å². The molecule has 2 heterocycles. The first kappa shape index (κ1) is 16.0. The molecule has 2 aromatic rings. The van der Waals surface area contributed by atoms with Gasteiger partial charge in [-0.15, -0.1) is 0 Å². The van der Waals surface area contributed by atoms with Crippen molar-refractivity contribution in [1.82, 2.24) is 9.29 Å². The molecular formula is C17H20N2O3S. The van der Waals surface area contributed by atoms with Crippen LogP contribution in [0.3, 0.4) is 0 Å². The van der Waals surface area contributed by atoms with Crippen molar-refractivity contribution in [3.8, 4) is 5.75 Å². The second-order valence-electron chi connectivity index (χ2n) is 5.69. The zero-order valence-electron chi connectivity index (χ0n) is 13.3. The van der Waals surface area contributed by atoms with E-state index in [0.717, 1.165) is 18.4 Å². The second kappa shape index (κ2) is 6.29. The Bertz CT molecular complexity index is 791. The highest BCUT2D eigenvalue weighted by atomic mass is 32.2. The number of methoxy groups -OCH3 is 1. The van der Waals surface area contributed by atoms with E-state index in [-0.39, 0.29) is 6.04 Å². The lowest BCUT2D eigenvalue weighted by Gasteiger charge is -2.25. The van der Waals surface area contributed by atoms with Crippen molar-refractivity contribution in [1.29, 1.82) is 0 Å². The summed E-state index contributed by atoms with van der Waals surface area (Å²) < 4.78 is 33.0. The summed E-state index contributed by atoms with van der Waals surface area (Å²) in [5.74, 6) is 0.661. The Morgan fingerprint density at radius 1 is 1.22 bits per heavy atom. The van der Waals surface area contributed by atoms with Gasteiger partial charge in [0, 0.05) is 18.9 Å². The van der Waals surface area contributed by atoms with Crippen LogP contribution in [-0.4, -0.2) is 31.4 Å². The van der Waals surface area contributed by atoms with E-state index >= 15 is 0 Å². The molecule has 0 spiro atoms. The van der Waals surface area contributed by atoms with Crippen LogP contribution in [0.25, 0.3) is 0 Å². The zero-order chi connectivity index (χ0) is 16.4. The second-order valence-corrected chi connectivity index (χ2v) is 7.54. The first-order valence-electron chi connectivity index (χ1n) is 7.60. The van der Waals surface area contributed by atoms with Crippen molar-refractivity contribution in [2.75, 3.05) is 13.7 Å². The minimum atomic E-state index is -3.53. The molecule has 0 amide bonds. The van der Waals surface area contributed by atoms with Gasteiger partial charge in [0.05, 0.1) is 18.0 Å². The lowest BCUT2D eigenvalue weighted by atomic mass is 10.1. The fourth-order valence-corrected chi connectivity index (χ4v) is 5.00. The standard InChI is InChI=1S/C17H20N2O3S/c1-13-12-15(22-2)5-6-17(13)23(20,21)19-11-3-4-16(19)14-7-9-18-10-8-14/h5-10,12,16H,3-4,11H2,1-2H3. The molecule has 0 radical (unpaired) electrons. The van der Waals surface area contributed by atoms with E-state index in [1.54, 1.807) is 48.9 Å². The number of ether oxygens (including phenoxy) is 1. The van der Waals surface area contributed by atoms with Crippen molar-refractivity contribution in [3.05, 3.63) is 53.9 Å². The van der Waals surface area contributed by atoms with Crippen molar-refractivity contribution < 1.29 is 13.2 Å². The summed E-state index contributed by atoms with van der Waals surface area (Å²) in [5.41, 5.74) is 1.69. The van der Waals surface area contributed by atoms with Crippen LogP contribution >= 0.6 is 0 Å². The molecule has 1 saturated heterocycles. The third-order valence-corrected chi connectivity index (χ3v) is 6.33. The molecule has 23 heavy (non-hydrogen) atoms. The molecule has 1 aliphatic heterocycles. The average Bonchev–Trinajstić information content (AvgIpc) is 3.05. The largest absolute Gasteiger partial charge is 0.497 e. The topological polar surface area (TPSA) is 59.5 Å². The van der Waals surface area contributed by atoms with Crippen LogP contribution < -0.4 is 4.74 Å². The van der Waals surface area contributed by atoms with E-state index in [9.17, 15) is 8.42 Å². The van der Waals surface area contributed by atoms with E-state index in [1.807, 2.05) is 12.1 Å². The molecule has 1 aliphatic rings. The molecular weight excluding hydrogens is 312 g/mol. The highest BCUT2D eigenvalue weighted by Gasteiger charge is 2.36. The maximum absolute atomic E-state index is 13.1. The van der Waals surface area contributed by atoms with Crippen molar-refractivity contribution in [3.63, 3.8) is 0 Å². The van der Waals surface area contributed by atoms with Crippen LogP contribution in [0.5, 0.6) is 5.75 Å². The molecule has 122 valence electrons. The van der Waals surface area contributed by atoms with E-state index in [0.29, 0.717) is 22.8 Å². The molecule has 1 fully saturated rings.